The Kier molecular flexibility index (Phi) is 2.71. The predicted molar refractivity (Wildman–Crippen MR) is 57.9 cm³/mol. The summed E-state index contributed by atoms with van der Waals surface area (Å²) in [4.78, 5) is 0. The van der Waals surface area contributed by atoms with Gasteiger partial charge < -0.3 is 9.31 Å². The first kappa shape index (κ1) is 10.2. The molecule has 0 aromatic heterocycles. The Bertz CT molecular complexity index is 242. The van der Waals surface area contributed by atoms with Gasteiger partial charge in [0, 0.05) is 0 Å². The van der Waals surface area contributed by atoms with Crippen LogP contribution < -0.4 is 0 Å². The van der Waals surface area contributed by atoms with Crippen LogP contribution in [0.5, 0.6) is 0 Å². The van der Waals surface area contributed by atoms with E-state index in [1.165, 1.54) is 11.9 Å². The highest BCUT2D eigenvalue weighted by atomic mass is 16.6. The van der Waals surface area contributed by atoms with Crippen LogP contribution in [0.4, 0.5) is 0 Å². The maximum absolute atomic E-state index is 5.54. The van der Waals surface area contributed by atoms with Crippen molar-refractivity contribution in [3.05, 3.63) is 11.5 Å². The van der Waals surface area contributed by atoms with Gasteiger partial charge in [-0.2, -0.15) is 0 Å². The highest BCUT2D eigenvalue weighted by molar-refractivity contribution is 6.54. The predicted octanol–water partition coefficient (Wildman–Crippen LogP) is 2.44. The molecule has 0 saturated carbocycles. The molecule has 78 valence electrons. The van der Waals surface area contributed by atoms with Gasteiger partial charge in [0.2, 0.25) is 0 Å². The fourth-order valence-corrected chi connectivity index (χ4v) is 2.71. The van der Waals surface area contributed by atoms with Gasteiger partial charge in [0.25, 0.3) is 0 Å². The lowest BCUT2D eigenvalue weighted by Gasteiger charge is -2.33. The second kappa shape index (κ2) is 3.71. The van der Waals surface area contributed by atoms with E-state index in [4.69, 9.17) is 9.31 Å². The number of rotatable bonds is 1. The monoisotopic (exact) mass is 194 g/mol. The molecule has 1 heterocycles. The van der Waals surface area contributed by atoms with Crippen molar-refractivity contribution in [1.82, 2.24) is 0 Å². The minimum atomic E-state index is -0.0444. The summed E-state index contributed by atoms with van der Waals surface area (Å²) in [6.45, 7) is 8.42. The highest BCUT2D eigenvalue weighted by Crippen LogP contribution is 2.39. The minimum absolute atomic E-state index is 0.0444. The van der Waals surface area contributed by atoms with Gasteiger partial charge >= 0.3 is 7.12 Å². The van der Waals surface area contributed by atoms with E-state index in [2.05, 4.69) is 26.8 Å². The normalized spacial score (nSPS) is 31.8. The summed E-state index contributed by atoms with van der Waals surface area (Å²) < 4.78 is 11.1. The van der Waals surface area contributed by atoms with Gasteiger partial charge in [-0.25, -0.2) is 0 Å². The molecule has 0 bridgehead atoms. The summed E-state index contributed by atoms with van der Waals surface area (Å²) >= 11 is 0. The average Bonchev–Trinajstić information content (AvgIpc) is 2.51. The lowest BCUT2D eigenvalue weighted by atomic mass is 9.63. The highest BCUT2D eigenvalue weighted by Gasteiger charge is 2.36. The fraction of sp³-hybridized carbons (Fsp3) is 0.818. The van der Waals surface area contributed by atoms with Crippen molar-refractivity contribution >= 4 is 7.12 Å². The maximum Gasteiger partial charge on any atom is 0.489 e. The van der Waals surface area contributed by atoms with Crippen LogP contribution >= 0.6 is 0 Å². The van der Waals surface area contributed by atoms with Gasteiger partial charge in [0.1, 0.15) is 0 Å². The summed E-state index contributed by atoms with van der Waals surface area (Å²) in [6.07, 6.45) is 4.71. The molecule has 0 N–H and O–H groups in total. The van der Waals surface area contributed by atoms with Crippen molar-refractivity contribution in [2.45, 2.75) is 33.6 Å². The van der Waals surface area contributed by atoms with Crippen LogP contribution in [0, 0.1) is 11.3 Å². The molecular formula is C11H19BO2. The first-order valence-corrected chi connectivity index (χ1v) is 5.51. The zero-order valence-corrected chi connectivity index (χ0v) is 9.38. The van der Waals surface area contributed by atoms with Gasteiger partial charge in [-0.05, 0) is 29.6 Å². The third-order valence-corrected chi connectivity index (χ3v) is 2.98. The van der Waals surface area contributed by atoms with Gasteiger partial charge in [-0.15, -0.1) is 0 Å². The molecule has 3 heteroatoms. The Hall–Kier alpha value is -0.275. The van der Waals surface area contributed by atoms with Crippen molar-refractivity contribution in [2.75, 3.05) is 13.2 Å². The van der Waals surface area contributed by atoms with Crippen molar-refractivity contribution < 1.29 is 9.31 Å². The van der Waals surface area contributed by atoms with Gasteiger partial charge in [-0.3, -0.25) is 0 Å². The SMILES string of the molecule is CC1C=C(B2OCCO2)CC(C)(C)C1. The Morgan fingerprint density at radius 2 is 2.00 bits per heavy atom. The largest absolute Gasteiger partial charge is 0.489 e. The molecule has 1 unspecified atom stereocenters. The van der Waals surface area contributed by atoms with Crippen molar-refractivity contribution in [3.63, 3.8) is 0 Å². The molecule has 2 aliphatic rings. The van der Waals surface area contributed by atoms with Crippen LogP contribution in [0.25, 0.3) is 0 Å². The van der Waals surface area contributed by atoms with E-state index < -0.39 is 0 Å². The van der Waals surface area contributed by atoms with E-state index in [0.717, 1.165) is 19.6 Å². The van der Waals surface area contributed by atoms with Crippen LogP contribution in [0.15, 0.2) is 11.5 Å². The molecule has 0 aromatic carbocycles. The second-order valence-corrected chi connectivity index (χ2v) is 5.34. The smallest absolute Gasteiger partial charge is 0.405 e. The van der Waals surface area contributed by atoms with E-state index >= 15 is 0 Å². The molecule has 2 rings (SSSR count). The summed E-state index contributed by atoms with van der Waals surface area (Å²) in [5.41, 5.74) is 1.75. The zero-order chi connectivity index (χ0) is 10.2. The van der Waals surface area contributed by atoms with Crippen molar-refractivity contribution in [3.8, 4) is 0 Å². The third-order valence-electron chi connectivity index (χ3n) is 2.98. The molecule has 1 aliphatic carbocycles. The van der Waals surface area contributed by atoms with E-state index in [0.29, 0.717) is 11.3 Å². The lowest BCUT2D eigenvalue weighted by Crippen LogP contribution is -2.29. The van der Waals surface area contributed by atoms with Crippen LogP contribution in [0.2, 0.25) is 0 Å². The van der Waals surface area contributed by atoms with Crippen LogP contribution in [0.3, 0.4) is 0 Å². The van der Waals surface area contributed by atoms with E-state index in [-0.39, 0.29) is 7.12 Å². The molecule has 1 fully saturated rings. The zero-order valence-electron chi connectivity index (χ0n) is 9.38. The molecule has 2 nitrogen and oxygen atoms in total. The average molecular weight is 194 g/mol. The molecule has 1 saturated heterocycles. The summed E-state index contributed by atoms with van der Waals surface area (Å²) in [5, 5.41) is 0. The van der Waals surface area contributed by atoms with Crippen LogP contribution in [-0.2, 0) is 9.31 Å². The summed E-state index contributed by atoms with van der Waals surface area (Å²) in [5.74, 6) is 0.654. The summed E-state index contributed by atoms with van der Waals surface area (Å²) in [6, 6.07) is 0. The standard InChI is InChI=1S/C11H19BO2/c1-9-6-10(8-11(2,3)7-9)12-13-4-5-14-12/h6,9H,4-5,7-8H2,1-3H3. The molecule has 14 heavy (non-hydrogen) atoms. The molecule has 1 aliphatic heterocycles. The molecule has 1 atom stereocenters. The molecule has 0 aromatic rings. The first-order chi connectivity index (χ1) is 6.57. The molecular weight excluding hydrogens is 175 g/mol. The minimum Gasteiger partial charge on any atom is -0.405 e. The Morgan fingerprint density at radius 3 is 2.57 bits per heavy atom. The van der Waals surface area contributed by atoms with E-state index in [1.807, 2.05) is 0 Å². The maximum atomic E-state index is 5.54. The van der Waals surface area contributed by atoms with Gasteiger partial charge in [0.05, 0.1) is 13.2 Å². The molecule has 0 amide bonds. The quantitative estimate of drug-likeness (QED) is 0.597. The van der Waals surface area contributed by atoms with E-state index in [1.54, 1.807) is 0 Å². The number of allylic oxidation sites excluding steroid dienone is 2. The van der Waals surface area contributed by atoms with Gasteiger partial charge in [-0.1, -0.05) is 26.8 Å². The van der Waals surface area contributed by atoms with Gasteiger partial charge in [0.15, 0.2) is 0 Å². The topological polar surface area (TPSA) is 18.5 Å². The number of hydrogen-bond donors (Lipinski definition) is 0. The molecule has 0 spiro atoms. The summed E-state index contributed by atoms with van der Waals surface area (Å²) in [7, 11) is -0.0444. The van der Waals surface area contributed by atoms with Crippen molar-refractivity contribution in [2.24, 2.45) is 11.3 Å². The van der Waals surface area contributed by atoms with Crippen LogP contribution in [-0.4, -0.2) is 20.3 Å². The Balaban J connectivity index is 2.10. The van der Waals surface area contributed by atoms with Crippen LogP contribution in [0.1, 0.15) is 33.6 Å². The van der Waals surface area contributed by atoms with E-state index in [9.17, 15) is 0 Å². The fourth-order valence-electron chi connectivity index (χ4n) is 2.71. The molecule has 0 radical (unpaired) electrons. The number of hydrogen-bond acceptors (Lipinski definition) is 2. The van der Waals surface area contributed by atoms with Crippen molar-refractivity contribution in [1.29, 1.82) is 0 Å². The lowest BCUT2D eigenvalue weighted by molar-refractivity contribution is 0.275. The Labute approximate surface area is 86.8 Å². The Morgan fingerprint density at radius 1 is 1.36 bits per heavy atom. The third kappa shape index (κ3) is 2.21. The second-order valence-electron chi connectivity index (χ2n) is 5.34. The first-order valence-electron chi connectivity index (χ1n) is 5.51.